The Balaban J connectivity index is 2.16. The molecule has 1 atom stereocenters. The van der Waals surface area contributed by atoms with Gasteiger partial charge in [-0.1, -0.05) is 24.3 Å². The Morgan fingerprint density at radius 3 is 2.57 bits per heavy atom. The number of anilines is 1. The van der Waals surface area contributed by atoms with E-state index in [0.29, 0.717) is 16.4 Å². The summed E-state index contributed by atoms with van der Waals surface area (Å²) in [4.78, 5) is 24.8. The van der Waals surface area contributed by atoms with Crippen LogP contribution in [0.4, 0.5) is 11.4 Å². The molecule has 0 saturated heterocycles. The fourth-order valence-corrected chi connectivity index (χ4v) is 3.48. The zero-order valence-corrected chi connectivity index (χ0v) is 15.9. The van der Waals surface area contributed by atoms with Crippen molar-refractivity contribution in [2.45, 2.75) is 13.0 Å². The number of benzene rings is 2. The summed E-state index contributed by atoms with van der Waals surface area (Å²) >= 11 is 5.49. The van der Waals surface area contributed by atoms with Crippen LogP contribution in [0.15, 0.2) is 59.8 Å². The maximum Gasteiger partial charge on any atom is 0.337 e. The van der Waals surface area contributed by atoms with Gasteiger partial charge in [-0.3, -0.25) is 15.0 Å². The van der Waals surface area contributed by atoms with Gasteiger partial charge in [0, 0.05) is 17.5 Å². The van der Waals surface area contributed by atoms with Gasteiger partial charge in [-0.2, -0.15) is 0 Å². The lowest BCUT2D eigenvalue weighted by Gasteiger charge is -2.37. The molecule has 28 heavy (non-hydrogen) atoms. The molecule has 0 spiro atoms. The molecule has 0 bridgehead atoms. The Labute approximate surface area is 166 Å². The van der Waals surface area contributed by atoms with Crippen molar-refractivity contribution in [3.8, 4) is 5.75 Å². The van der Waals surface area contributed by atoms with Crippen molar-refractivity contribution in [3.05, 3.63) is 75.5 Å². The third-order valence-electron chi connectivity index (χ3n) is 4.43. The van der Waals surface area contributed by atoms with Crippen LogP contribution < -0.4 is 10.2 Å². The van der Waals surface area contributed by atoms with Crippen molar-refractivity contribution in [2.75, 3.05) is 12.0 Å². The minimum atomic E-state index is -0.765. The highest BCUT2D eigenvalue weighted by atomic mass is 32.1. The number of rotatable bonds is 4. The molecule has 0 aromatic heterocycles. The number of nitro benzene ring substituents is 1. The van der Waals surface area contributed by atoms with Crippen LogP contribution >= 0.6 is 12.2 Å². The van der Waals surface area contributed by atoms with Crippen LogP contribution in [0, 0.1) is 10.1 Å². The first-order chi connectivity index (χ1) is 13.3. The Hall–Kier alpha value is -3.46. The number of aromatic hydroxyl groups is 1. The first kappa shape index (κ1) is 19.3. The maximum absolute atomic E-state index is 12.6. The topological polar surface area (TPSA) is 105 Å². The van der Waals surface area contributed by atoms with E-state index in [0.717, 1.165) is 5.69 Å². The predicted octanol–water partition coefficient (Wildman–Crippen LogP) is 3.18. The number of nitrogens with one attached hydrogen (secondary N) is 1. The number of methoxy groups -OCH3 is 1. The molecule has 0 amide bonds. The lowest BCUT2D eigenvalue weighted by molar-refractivity contribution is -0.385. The highest BCUT2D eigenvalue weighted by Crippen LogP contribution is 2.37. The number of nitrogens with zero attached hydrogens (tertiary/aromatic N) is 2. The molecule has 2 N–H and O–H groups in total. The van der Waals surface area contributed by atoms with Gasteiger partial charge < -0.3 is 15.2 Å². The first-order valence-electron chi connectivity index (χ1n) is 8.27. The van der Waals surface area contributed by atoms with E-state index in [9.17, 15) is 20.0 Å². The number of esters is 1. The van der Waals surface area contributed by atoms with Crippen LogP contribution in [0.5, 0.6) is 5.75 Å². The average molecular weight is 399 g/mol. The normalized spacial score (nSPS) is 16.6. The molecular formula is C19H17N3O5S. The van der Waals surface area contributed by atoms with Crippen LogP contribution in [-0.2, 0) is 9.53 Å². The van der Waals surface area contributed by atoms with E-state index in [2.05, 4.69) is 5.32 Å². The molecule has 144 valence electrons. The molecule has 2 aromatic carbocycles. The van der Waals surface area contributed by atoms with Crippen LogP contribution in [0.25, 0.3) is 0 Å². The van der Waals surface area contributed by atoms with E-state index < -0.39 is 28.4 Å². The number of ether oxygens (including phenoxy) is 1. The van der Waals surface area contributed by atoms with E-state index >= 15 is 0 Å². The molecule has 0 unspecified atom stereocenters. The Bertz CT molecular complexity index is 990. The predicted molar refractivity (Wildman–Crippen MR) is 107 cm³/mol. The van der Waals surface area contributed by atoms with E-state index in [1.807, 2.05) is 30.3 Å². The number of carbonyl (C=O) groups excluding carboxylic acids is 1. The van der Waals surface area contributed by atoms with Gasteiger partial charge in [0.2, 0.25) is 0 Å². The van der Waals surface area contributed by atoms with Gasteiger partial charge in [-0.05, 0) is 42.9 Å². The highest BCUT2D eigenvalue weighted by molar-refractivity contribution is 7.80. The second kappa shape index (κ2) is 7.65. The summed E-state index contributed by atoms with van der Waals surface area (Å²) in [5, 5.41) is 24.3. The molecule has 1 heterocycles. The molecule has 0 radical (unpaired) electrons. The molecule has 2 aromatic rings. The largest absolute Gasteiger partial charge is 0.502 e. The lowest BCUT2D eigenvalue weighted by Crippen LogP contribution is -2.48. The van der Waals surface area contributed by atoms with Crippen molar-refractivity contribution in [1.29, 1.82) is 0 Å². The number of nitro groups is 1. The SMILES string of the molecule is COC(=O)C1=C(C)N(c2ccccc2)C(=S)N[C@H]1c1ccc(O)c([N+](=O)[O-])c1. The summed E-state index contributed by atoms with van der Waals surface area (Å²) in [5.41, 5.74) is 1.51. The monoisotopic (exact) mass is 399 g/mol. The van der Waals surface area contributed by atoms with Crippen molar-refractivity contribution < 1.29 is 19.6 Å². The molecular weight excluding hydrogens is 382 g/mol. The number of allylic oxidation sites excluding steroid dienone is 1. The zero-order valence-electron chi connectivity index (χ0n) is 15.1. The van der Waals surface area contributed by atoms with Gasteiger partial charge in [0.1, 0.15) is 0 Å². The Morgan fingerprint density at radius 2 is 1.96 bits per heavy atom. The van der Waals surface area contributed by atoms with E-state index in [4.69, 9.17) is 17.0 Å². The molecule has 8 nitrogen and oxygen atoms in total. The third-order valence-corrected chi connectivity index (χ3v) is 4.73. The number of para-hydroxylation sites is 1. The average Bonchev–Trinajstić information content (AvgIpc) is 2.68. The number of phenols is 1. The van der Waals surface area contributed by atoms with Crippen molar-refractivity contribution >= 4 is 34.7 Å². The summed E-state index contributed by atoms with van der Waals surface area (Å²) in [6, 6.07) is 12.4. The van der Waals surface area contributed by atoms with E-state index in [1.165, 1.54) is 25.3 Å². The van der Waals surface area contributed by atoms with E-state index in [-0.39, 0.29) is 5.57 Å². The lowest BCUT2D eigenvalue weighted by atomic mass is 9.94. The number of hydrogen-bond acceptors (Lipinski definition) is 6. The van der Waals surface area contributed by atoms with Crippen LogP contribution in [-0.4, -0.2) is 28.2 Å². The van der Waals surface area contributed by atoms with Gasteiger partial charge in [-0.15, -0.1) is 0 Å². The minimum absolute atomic E-state index is 0.264. The summed E-state index contributed by atoms with van der Waals surface area (Å²) in [6.45, 7) is 1.73. The van der Waals surface area contributed by atoms with Crippen molar-refractivity contribution in [3.63, 3.8) is 0 Å². The number of thiocarbonyl (C=S) groups is 1. The highest BCUT2D eigenvalue weighted by Gasteiger charge is 2.36. The van der Waals surface area contributed by atoms with Gasteiger partial charge in [0.25, 0.3) is 0 Å². The summed E-state index contributed by atoms with van der Waals surface area (Å²) < 4.78 is 4.94. The van der Waals surface area contributed by atoms with E-state index in [1.54, 1.807) is 11.8 Å². The van der Waals surface area contributed by atoms with Crippen molar-refractivity contribution in [2.24, 2.45) is 0 Å². The number of hydrogen-bond donors (Lipinski definition) is 2. The molecule has 1 aliphatic heterocycles. The van der Waals surface area contributed by atoms with Crippen LogP contribution in [0.1, 0.15) is 18.5 Å². The molecule has 0 aliphatic carbocycles. The van der Waals surface area contributed by atoms with Crippen LogP contribution in [0.3, 0.4) is 0 Å². The van der Waals surface area contributed by atoms with Crippen LogP contribution in [0.2, 0.25) is 0 Å². The first-order valence-corrected chi connectivity index (χ1v) is 8.68. The molecule has 0 saturated carbocycles. The number of carbonyl (C=O) groups is 1. The second-order valence-corrected chi connectivity index (χ2v) is 6.44. The quantitative estimate of drug-likeness (QED) is 0.350. The summed E-state index contributed by atoms with van der Waals surface area (Å²) in [6.07, 6.45) is 0. The maximum atomic E-state index is 12.6. The van der Waals surface area contributed by atoms with Gasteiger partial charge in [0.15, 0.2) is 10.9 Å². The summed E-state index contributed by atoms with van der Waals surface area (Å²) in [7, 11) is 1.26. The molecule has 1 aliphatic rings. The second-order valence-electron chi connectivity index (χ2n) is 6.05. The molecule has 0 fully saturated rings. The fraction of sp³-hybridized carbons (Fsp3) is 0.158. The Morgan fingerprint density at radius 1 is 1.29 bits per heavy atom. The molecule has 3 rings (SSSR count). The van der Waals surface area contributed by atoms with Gasteiger partial charge in [0.05, 0.1) is 23.6 Å². The summed E-state index contributed by atoms with van der Waals surface area (Å²) in [5.74, 6) is -1.05. The zero-order chi connectivity index (χ0) is 20.4. The minimum Gasteiger partial charge on any atom is -0.502 e. The standard InChI is InChI=1S/C19H17N3O5S/c1-11-16(18(24)27-2)17(12-8-9-15(23)14(10-12)22(25)26)20-19(28)21(11)13-6-4-3-5-7-13/h3-10,17,23H,1-2H3,(H,20,28)/t17-/m0/s1. The molecule has 9 heteroatoms. The smallest absolute Gasteiger partial charge is 0.337 e. The van der Waals surface area contributed by atoms with Gasteiger partial charge >= 0.3 is 11.7 Å². The van der Waals surface area contributed by atoms with Gasteiger partial charge in [-0.25, -0.2) is 4.79 Å². The fourth-order valence-electron chi connectivity index (χ4n) is 3.12. The number of phenolic OH excluding ortho intramolecular Hbond substituents is 1. The third kappa shape index (κ3) is 3.39. The van der Waals surface area contributed by atoms with Crippen molar-refractivity contribution in [1.82, 2.24) is 5.32 Å². The Kier molecular flexibility index (Phi) is 5.27.